The van der Waals surface area contributed by atoms with Crippen LogP contribution in [0.15, 0.2) is 0 Å². The second-order valence-corrected chi connectivity index (χ2v) is 5.88. The van der Waals surface area contributed by atoms with Gasteiger partial charge in [0.1, 0.15) is 5.82 Å². The zero-order valence-corrected chi connectivity index (χ0v) is 12.4. The number of aryl methyl sites for hydroxylation is 1. The first-order valence-electron chi connectivity index (χ1n) is 6.79. The van der Waals surface area contributed by atoms with Gasteiger partial charge < -0.3 is 10.1 Å². The van der Waals surface area contributed by atoms with E-state index in [4.69, 9.17) is 4.74 Å². The maximum atomic E-state index is 12.0. The number of nitrogens with one attached hydrogen (secondary N) is 1. The van der Waals surface area contributed by atoms with Crippen molar-refractivity contribution in [3.63, 3.8) is 0 Å². The van der Waals surface area contributed by atoms with Gasteiger partial charge in [-0.2, -0.15) is 4.37 Å². The first-order valence-corrected chi connectivity index (χ1v) is 7.56. The standard InChI is InChI=1S/C13H21N3O2S/c1-10-15-12(19-16-10)11(17)14-9-13(18-2)7-5-3-4-6-8-13/h3-9H2,1-2H3,(H,14,17). The summed E-state index contributed by atoms with van der Waals surface area (Å²) < 4.78 is 9.73. The molecule has 1 aliphatic rings. The average molecular weight is 283 g/mol. The summed E-state index contributed by atoms with van der Waals surface area (Å²) >= 11 is 1.14. The van der Waals surface area contributed by atoms with E-state index in [0.717, 1.165) is 24.4 Å². The fourth-order valence-corrected chi connectivity index (χ4v) is 3.12. The molecule has 19 heavy (non-hydrogen) atoms. The molecule has 2 rings (SSSR count). The van der Waals surface area contributed by atoms with Gasteiger partial charge in [-0.1, -0.05) is 25.7 Å². The maximum Gasteiger partial charge on any atom is 0.281 e. The summed E-state index contributed by atoms with van der Waals surface area (Å²) in [4.78, 5) is 16.1. The number of hydrogen-bond acceptors (Lipinski definition) is 5. The summed E-state index contributed by atoms with van der Waals surface area (Å²) in [6.07, 6.45) is 6.88. The number of carbonyl (C=O) groups excluding carboxylic acids is 1. The fraction of sp³-hybridized carbons (Fsp3) is 0.769. The van der Waals surface area contributed by atoms with Crippen LogP contribution in [-0.2, 0) is 4.74 Å². The van der Waals surface area contributed by atoms with Gasteiger partial charge in [0.15, 0.2) is 0 Å². The quantitative estimate of drug-likeness (QED) is 0.861. The first kappa shape index (κ1) is 14.4. The van der Waals surface area contributed by atoms with Gasteiger partial charge >= 0.3 is 0 Å². The zero-order valence-electron chi connectivity index (χ0n) is 11.6. The number of rotatable bonds is 4. The molecule has 0 saturated heterocycles. The highest BCUT2D eigenvalue weighted by Crippen LogP contribution is 2.29. The molecule has 6 heteroatoms. The summed E-state index contributed by atoms with van der Waals surface area (Å²) in [6.45, 7) is 2.34. The van der Waals surface area contributed by atoms with E-state index in [1.54, 1.807) is 14.0 Å². The summed E-state index contributed by atoms with van der Waals surface area (Å²) in [7, 11) is 1.74. The Morgan fingerprint density at radius 1 is 1.37 bits per heavy atom. The van der Waals surface area contributed by atoms with Crippen LogP contribution in [0.1, 0.15) is 54.2 Å². The van der Waals surface area contributed by atoms with Crippen LogP contribution in [0.25, 0.3) is 0 Å². The fourth-order valence-electron chi connectivity index (χ4n) is 2.53. The number of nitrogens with zero attached hydrogens (tertiary/aromatic N) is 2. The van der Waals surface area contributed by atoms with Crippen LogP contribution in [0.2, 0.25) is 0 Å². The number of carbonyl (C=O) groups is 1. The molecule has 1 aromatic heterocycles. The Morgan fingerprint density at radius 3 is 2.58 bits per heavy atom. The molecule has 106 valence electrons. The molecule has 0 unspecified atom stereocenters. The highest BCUT2D eigenvalue weighted by molar-refractivity contribution is 7.07. The van der Waals surface area contributed by atoms with E-state index in [-0.39, 0.29) is 11.5 Å². The largest absolute Gasteiger partial charge is 0.376 e. The third-order valence-electron chi connectivity index (χ3n) is 3.74. The molecule has 1 fully saturated rings. The molecule has 1 aliphatic carbocycles. The van der Waals surface area contributed by atoms with Gasteiger partial charge in [-0.05, 0) is 31.3 Å². The van der Waals surface area contributed by atoms with E-state index >= 15 is 0 Å². The Labute approximate surface area is 117 Å². The lowest BCUT2D eigenvalue weighted by atomic mass is 9.94. The minimum atomic E-state index is -0.202. The predicted octanol–water partition coefficient (Wildman–Crippen LogP) is 2.32. The number of amides is 1. The van der Waals surface area contributed by atoms with Gasteiger partial charge in [0.25, 0.3) is 5.91 Å². The van der Waals surface area contributed by atoms with E-state index in [0.29, 0.717) is 17.4 Å². The molecule has 0 aromatic carbocycles. The molecule has 1 N–H and O–H groups in total. The predicted molar refractivity (Wildman–Crippen MR) is 74.4 cm³/mol. The molecule has 5 nitrogen and oxygen atoms in total. The molecule has 1 saturated carbocycles. The summed E-state index contributed by atoms with van der Waals surface area (Å²) in [5.41, 5.74) is -0.202. The highest BCUT2D eigenvalue weighted by Gasteiger charge is 2.31. The van der Waals surface area contributed by atoms with Gasteiger partial charge in [-0.25, -0.2) is 4.98 Å². The van der Waals surface area contributed by atoms with Crippen molar-refractivity contribution in [1.82, 2.24) is 14.7 Å². The lowest BCUT2D eigenvalue weighted by Gasteiger charge is -2.31. The SMILES string of the molecule is COC1(CNC(=O)c2nc(C)ns2)CCCCCC1. The zero-order chi connectivity index (χ0) is 13.7. The Balaban J connectivity index is 1.93. The average Bonchev–Trinajstić information content (AvgIpc) is 2.72. The van der Waals surface area contributed by atoms with E-state index in [9.17, 15) is 4.79 Å². The number of aromatic nitrogens is 2. The molecular formula is C13H21N3O2S. The summed E-state index contributed by atoms with van der Waals surface area (Å²) in [5, 5.41) is 3.37. The molecular weight excluding hydrogens is 262 g/mol. The minimum absolute atomic E-state index is 0.147. The van der Waals surface area contributed by atoms with Crippen LogP contribution in [0.4, 0.5) is 0 Å². The topological polar surface area (TPSA) is 64.1 Å². The molecule has 0 bridgehead atoms. The van der Waals surface area contributed by atoms with E-state index in [2.05, 4.69) is 14.7 Å². The van der Waals surface area contributed by atoms with Crippen molar-refractivity contribution in [3.05, 3.63) is 10.8 Å². The van der Waals surface area contributed by atoms with Crippen molar-refractivity contribution in [2.45, 2.75) is 51.0 Å². The Bertz CT molecular complexity index is 425. The van der Waals surface area contributed by atoms with Crippen molar-refractivity contribution < 1.29 is 9.53 Å². The number of methoxy groups -OCH3 is 1. The molecule has 0 atom stereocenters. The monoisotopic (exact) mass is 283 g/mol. The van der Waals surface area contributed by atoms with Gasteiger partial charge in [0.05, 0.1) is 5.60 Å². The van der Waals surface area contributed by atoms with Gasteiger partial charge in [-0.3, -0.25) is 4.79 Å². The van der Waals surface area contributed by atoms with Crippen molar-refractivity contribution >= 4 is 17.4 Å². The Hall–Kier alpha value is -1.01. The van der Waals surface area contributed by atoms with Crippen LogP contribution in [-0.4, -0.2) is 34.5 Å². The minimum Gasteiger partial charge on any atom is -0.376 e. The van der Waals surface area contributed by atoms with Gasteiger partial charge in [-0.15, -0.1) is 0 Å². The summed E-state index contributed by atoms with van der Waals surface area (Å²) in [5.74, 6) is 0.498. The van der Waals surface area contributed by atoms with Crippen LogP contribution in [0.3, 0.4) is 0 Å². The van der Waals surface area contributed by atoms with Gasteiger partial charge in [0.2, 0.25) is 5.01 Å². The van der Waals surface area contributed by atoms with E-state index < -0.39 is 0 Å². The first-order chi connectivity index (χ1) is 9.15. The molecule has 1 aromatic rings. The van der Waals surface area contributed by atoms with Gasteiger partial charge in [0, 0.05) is 13.7 Å². The molecule has 0 aliphatic heterocycles. The molecule has 1 heterocycles. The lowest BCUT2D eigenvalue weighted by molar-refractivity contribution is -0.0205. The van der Waals surface area contributed by atoms with Crippen LogP contribution in [0, 0.1) is 6.92 Å². The van der Waals surface area contributed by atoms with Crippen molar-refractivity contribution in [2.75, 3.05) is 13.7 Å². The number of hydrogen-bond donors (Lipinski definition) is 1. The van der Waals surface area contributed by atoms with E-state index in [1.165, 1.54) is 25.7 Å². The second-order valence-electron chi connectivity index (χ2n) is 5.13. The number of ether oxygens (including phenoxy) is 1. The van der Waals surface area contributed by atoms with Crippen molar-refractivity contribution in [3.8, 4) is 0 Å². The lowest BCUT2D eigenvalue weighted by Crippen LogP contribution is -2.44. The third-order valence-corrected chi connectivity index (χ3v) is 4.55. The Kier molecular flexibility index (Phi) is 4.87. The second kappa shape index (κ2) is 6.43. The Morgan fingerprint density at radius 2 is 2.05 bits per heavy atom. The van der Waals surface area contributed by atoms with Crippen LogP contribution < -0.4 is 5.32 Å². The molecule has 0 radical (unpaired) electrons. The smallest absolute Gasteiger partial charge is 0.281 e. The van der Waals surface area contributed by atoms with Crippen molar-refractivity contribution in [2.24, 2.45) is 0 Å². The molecule has 0 spiro atoms. The van der Waals surface area contributed by atoms with Crippen molar-refractivity contribution in [1.29, 1.82) is 0 Å². The van der Waals surface area contributed by atoms with Crippen LogP contribution in [0.5, 0.6) is 0 Å². The highest BCUT2D eigenvalue weighted by atomic mass is 32.1. The maximum absolute atomic E-state index is 12.0. The normalized spacial score (nSPS) is 18.8. The summed E-state index contributed by atoms with van der Waals surface area (Å²) in [6, 6.07) is 0. The molecule has 1 amide bonds. The van der Waals surface area contributed by atoms with E-state index in [1.807, 2.05) is 0 Å². The third kappa shape index (κ3) is 3.73. The van der Waals surface area contributed by atoms with Crippen LogP contribution >= 0.6 is 11.5 Å².